The molecule has 0 radical (unpaired) electrons. The molecule has 0 aromatic carbocycles. The molecule has 1 atom stereocenters. The number of ether oxygens (including phenoxy) is 1. The van der Waals surface area contributed by atoms with Crippen molar-refractivity contribution in [1.82, 2.24) is 4.90 Å². The average molecular weight is 263 g/mol. The molecule has 1 unspecified atom stereocenters. The highest BCUT2D eigenvalue weighted by molar-refractivity contribution is 7.92. The van der Waals surface area contributed by atoms with E-state index in [1.807, 2.05) is 0 Å². The summed E-state index contributed by atoms with van der Waals surface area (Å²) < 4.78 is 28.3. The number of methoxy groups -OCH3 is 1. The minimum Gasteiger partial charge on any atom is -0.469 e. The van der Waals surface area contributed by atoms with Gasteiger partial charge in [0, 0.05) is 6.54 Å². The molecule has 1 rings (SSSR count). The van der Waals surface area contributed by atoms with Gasteiger partial charge in [0.05, 0.1) is 24.5 Å². The molecule has 6 heteroatoms. The lowest BCUT2D eigenvalue weighted by atomic mass is 10.3. The van der Waals surface area contributed by atoms with Gasteiger partial charge in [-0.25, -0.2) is 8.42 Å². The van der Waals surface area contributed by atoms with Crippen molar-refractivity contribution in [1.29, 1.82) is 0 Å². The normalized spacial score (nSPS) is 19.2. The predicted octanol–water partition coefficient (Wildman–Crippen LogP) is 0.449. The summed E-state index contributed by atoms with van der Waals surface area (Å²) in [5.41, 5.74) is 0. The molecule has 0 spiro atoms. The zero-order chi connectivity index (χ0) is 12.9. The third-order valence-corrected chi connectivity index (χ3v) is 5.33. The van der Waals surface area contributed by atoms with Gasteiger partial charge in [-0.2, -0.15) is 0 Å². The zero-order valence-electron chi connectivity index (χ0n) is 10.5. The Bertz CT molecular complexity index is 346. The van der Waals surface area contributed by atoms with E-state index in [1.165, 1.54) is 7.11 Å². The van der Waals surface area contributed by atoms with Crippen LogP contribution in [0.25, 0.3) is 0 Å². The van der Waals surface area contributed by atoms with Gasteiger partial charge >= 0.3 is 5.97 Å². The molecule has 0 aromatic rings. The number of likely N-dealkylation sites (tertiary alicyclic amines) is 1. The summed E-state index contributed by atoms with van der Waals surface area (Å²) >= 11 is 0. The summed E-state index contributed by atoms with van der Waals surface area (Å²) in [6, 6.07) is 0. The fourth-order valence-electron chi connectivity index (χ4n) is 1.91. The lowest BCUT2D eigenvalue weighted by Crippen LogP contribution is -2.31. The van der Waals surface area contributed by atoms with E-state index in [0.29, 0.717) is 6.54 Å². The molecule has 0 bridgehead atoms. The van der Waals surface area contributed by atoms with Crippen LogP contribution in [0.1, 0.15) is 26.2 Å². The van der Waals surface area contributed by atoms with Crippen LogP contribution in [-0.2, 0) is 19.4 Å². The van der Waals surface area contributed by atoms with Gasteiger partial charge in [-0.15, -0.1) is 0 Å². The van der Waals surface area contributed by atoms with Crippen LogP contribution in [0.2, 0.25) is 0 Å². The van der Waals surface area contributed by atoms with Crippen molar-refractivity contribution in [2.75, 3.05) is 32.5 Å². The number of hydrogen-bond donors (Lipinski definition) is 0. The first kappa shape index (κ1) is 14.4. The monoisotopic (exact) mass is 263 g/mol. The van der Waals surface area contributed by atoms with Crippen LogP contribution >= 0.6 is 0 Å². The van der Waals surface area contributed by atoms with Crippen LogP contribution in [0, 0.1) is 0 Å². The highest BCUT2D eigenvalue weighted by atomic mass is 32.2. The van der Waals surface area contributed by atoms with Crippen molar-refractivity contribution in [3.8, 4) is 0 Å². The Morgan fingerprint density at radius 2 is 1.94 bits per heavy atom. The van der Waals surface area contributed by atoms with Crippen LogP contribution in [0.5, 0.6) is 0 Å². The zero-order valence-corrected chi connectivity index (χ0v) is 11.3. The molecule has 0 N–H and O–H groups in total. The lowest BCUT2D eigenvalue weighted by molar-refractivity contribution is -0.140. The molecule has 1 heterocycles. The molecule has 0 aromatic heterocycles. The maximum atomic E-state index is 11.9. The van der Waals surface area contributed by atoms with Crippen molar-refractivity contribution in [2.45, 2.75) is 31.4 Å². The summed E-state index contributed by atoms with van der Waals surface area (Å²) in [6.07, 6.45) is 2.24. The lowest BCUT2D eigenvalue weighted by Gasteiger charge is -2.16. The second-order valence-corrected chi connectivity index (χ2v) is 7.05. The topological polar surface area (TPSA) is 63.7 Å². The van der Waals surface area contributed by atoms with E-state index in [9.17, 15) is 13.2 Å². The Balaban J connectivity index is 2.40. The van der Waals surface area contributed by atoms with E-state index in [2.05, 4.69) is 9.64 Å². The summed E-state index contributed by atoms with van der Waals surface area (Å²) in [6.45, 7) is 4.12. The Morgan fingerprint density at radius 3 is 2.47 bits per heavy atom. The molecule has 0 amide bonds. The first-order valence-electron chi connectivity index (χ1n) is 5.96. The minimum absolute atomic E-state index is 0.0567. The van der Waals surface area contributed by atoms with E-state index in [1.54, 1.807) is 6.92 Å². The van der Waals surface area contributed by atoms with E-state index < -0.39 is 21.1 Å². The fourth-order valence-corrected chi connectivity index (χ4v) is 3.21. The maximum absolute atomic E-state index is 11.9. The third-order valence-electron chi connectivity index (χ3n) is 3.19. The summed E-state index contributed by atoms with van der Waals surface area (Å²) in [4.78, 5) is 13.2. The number of carbonyl (C=O) groups is 1. The molecule has 1 aliphatic heterocycles. The molecule has 1 fully saturated rings. The highest BCUT2D eigenvalue weighted by Crippen LogP contribution is 2.11. The molecular formula is C11H21NO4S. The number of nitrogens with zero attached hydrogens (tertiary/aromatic N) is 1. The van der Waals surface area contributed by atoms with Gasteiger partial charge in [-0.1, -0.05) is 0 Å². The minimum atomic E-state index is -3.20. The van der Waals surface area contributed by atoms with Crippen molar-refractivity contribution < 1.29 is 17.9 Å². The molecular weight excluding hydrogens is 242 g/mol. The summed E-state index contributed by atoms with van der Waals surface area (Å²) in [7, 11) is -1.93. The third kappa shape index (κ3) is 4.63. The van der Waals surface area contributed by atoms with Crippen molar-refractivity contribution in [3.63, 3.8) is 0 Å². The standard InChI is InChI=1S/C11H21NO4S/c1-10(9-11(13)16-2)17(14,15)8-7-12-5-3-4-6-12/h10H,3-9H2,1-2H3. The van der Waals surface area contributed by atoms with E-state index in [0.717, 1.165) is 25.9 Å². The Hall–Kier alpha value is -0.620. The van der Waals surface area contributed by atoms with Gasteiger partial charge in [0.15, 0.2) is 9.84 Å². The van der Waals surface area contributed by atoms with Crippen molar-refractivity contribution in [2.24, 2.45) is 0 Å². The molecule has 100 valence electrons. The SMILES string of the molecule is COC(=O)CC(C)S(=O)(=O)CCN1CCCC1. The summed E-state index contributed by atoms with van der Waals surface area (Å²) in [5.74, 6) is -0.340. The first-order chi connectivity index (χ1) is 7.95. The number of carbonyl (C=O) groups excluding carboxylic acids is 1. The van der Waals surface area contributed by atoms with Gasteiger partial charge in [0.25, 0.3) is 0 Å². The molecule has 0 saturated carbocycles. The van der Waals surface area contributed by atoms with Crippen molar-refractivity contribution in [3.05, 3.63) is 0 Å². The number of rotatable bonds is 6. The average Bonchev–Trinajstić information content (AvgIpc) is 2.79. The van der Waals surface area contributed by atoms with Gasteiger partial charge in [0.1, 0.15) is 0 Å². The Morgan fingerprint density at radius 1 is 1.35 bits per heavy atom. The fraction of sp³-hybridized carbons (Fsp3) is 0.909. The van der Waals surface area contributed by atoms with E-state index >= 15 is 0 Å². The van der Waals surface area contributed by atoms with E-state index in [-0.39, 0.29) is 12.2 Å². The van der Waals surface area contributed by atoms with Crippen LogP contribution in [-0.4, -0.2) is 57.0 Å². The van der Waals surface area contributed by atoms with Gasteiger partial charge in [-0.05, 0) is 32.9 Å². The largest absolute Gasteiger partial charge is 0.469 e. The predicted molar refractivity (Wildman–Crippen MR) is 65.6 cm³/mol. The Labute approximate surface area is 103 Å². The second-order valence-electron chi connectivity index (χ2n) is 4.51. The quantitative estimate of drug-likeness (QED) is 0.651. The summed E-state index contributed by atoms with van der Waals surface area (Å²) in [5, 5.41) is -0.655. The molecule has 1 saturated heterocycles. The van der Waals surface area contributed by atoms with Gasteiger partial charge in [-0.3, -0.25) is 4.79 Å². The number of esters is 1. The van der Waals surface area contributed by atoms with Crippen LogP contribution in [0.3, 0.4) is 0 Å². The molecule has 5 nitrogen and oxygen atoms in total. The Kier molecular flexibility index (Phi) is 5.39. The van der Waals surface area contributed by atoms with Crippen LogP contribution in [0.4, 0.5) is 0 Å². The molecule has 1 aliphatic rings. The van der Waals surface area contributed by atoms with Crippen molar-refractivity contribution >= 4 is 15.8 Å². The number of hydrogen-bond acceptors (Lipinski definition) is 5. The maximum Gasteiger partial charge on any atom is 0.306 e. The highest BCUT2D eigenvalue weighted by Gasteiger charge is 2.25. The second kappa shape index (κ2) is 6.35. The smallest absolute Gasteiger partial charge is 0.306 e. The van der Waals surface area contributed by atoms with E-state index in [4.69, 9.17) is 0 Å². The van der Waals surface area contributed by atoms with Gasteiger partial charge < -0.3 is 9.64 Å². The molecule has 0 aliphatic carbocycles. The van der Waals surface area contributed by atoms with Crippen LogP contribution < -0.4 is 0 Å². The number of sulfone groups is 1. The first-order valence-corrected chi connectivity index (χ1v) is 7.68. The molecule has 17 heavy (non-hydrogen) atoms. The van der Waals surface area contributed by atoms with Crippen LogP contribution in [0.15, 0.2) is 0 Å². The van der Waals surface area contributed by atoms with Gasteiger partial charge in [0.2, 0.25) is 0 Å².